The summed E-state index contributed by atoms with van der Waals surface area (Å²) >= 11 is 1.59. The minimum atomic E-state index is -0.111. The summed E-state index contributed by atoms with van der Waals surface area (Å²) in [4.78, 5) is 36.8. The zero-order valence-electron chi connectivity index (χ0n) is 17.0. The Morgan fingerprint density at radius 1 is 1.13 bits per heavy atom. The molecule has 8 heteroatoms. The lowest BCUT2D eigenvalue weighted by Crippen LogP contribution is -2.56. The Balaban J connectivity index is 1.09. The monoisotopic (exact) mass is 434 g/mol. The van der Waals surface area contributed by atoms with Crippen LogP contribution in [0.15, 0.2) is 46.3 Å². The van der Waals surface area contributed by atoms with Gasteiger partial charge in [-0.1, -0.05) is 30.0 Å². The second-order valence-corrected chi connectivity index (χ2v) is 9.39. The predicted molar refractivity (Wildman–Crippen MR) is 118 cm³/mol. The summed E-state index contributed by atoms with van der Waals surface area (Å²) in [5, 5.41) is 1.85. The first-order chi connectivity index (χ1) is 15.2. The first kappa shape index (κ1) is 18.9. The van der Waals surface area contributed by atoms with E-state index in [1.165, 1.54) is 0 Å². The normalized spacial score (nSPS) is 19.9. The standard InChI is InChI=1S/C23H22N4O3S/c28-21(10-15-13-31-23-25-19-7-3-5-17(19)22(29)27(15)23)26-11-16(12-26)30-20-9-8-14-4-1-2-6-18(14)24-20/h1-2,4,6,8-9,15-16H,3,5,7,10-13H2. The van der Waals surface area contributed by atoms with Gasteiger partial charge in [-0.05, 0) is 31.4 Å². The van der Waals surface area contributed by atoms with Crippen molar-refractivity contribution in [2.45, 2.75) is 43.0 Å². The molecular formula is C23H22N4O3S. The molecule has 0 saturated carbocycles. The molecule has 158 valence electrons. The number of likely N-dealkylation sites (tertiary alicyclic amines) is 1. The highest BCUT2D eigenvalue weighted by atomic mass is 32.2. The van der Waals surface area contributed by atoms with E-state index < -0.39 is 0 Å². The molecule has 31 heavy (non-hydrogen) atoms. The molecule has 4 heterocycles. The van der Waals surface area contributed by atoms with Crippen LogP contribution in [0.5, 0.6) is 5.88 Å². The van der Waals surface area contributed by atoms with E-state index in [0.717, 1.165) is 52.3 Å². The van der Waals surface area contributed by atoms with E-state index in [0.29, 0.717) is 25.4 Å². The number of ether oxygens (including phenoxy) is 1. The summed E-state index contributed by atoms with van der Waals surface area (Å²) in [5.41, 5.74) is 2.77. The van der Waals surface area contributed by atoms with Crippen LogP contribution in [-0.2, 0) is 17.6 Å². The van der Waals surface area contributed by atoms with Crippen molar-refractivity contribution in [3.05, 3.63) is 58.0 Å². The van der Waals surface area contributed by atoms with Crippen LogP contribution >= 0.6 is 11.8 Å². The van der Waals surface area contributed by atoms with Crippen LogP contribution < -0.4 is 10.3 Å². The highest BCUT2D eigenvalue weighted by molar-refractivity contribution is 7.99. The smallest absolute Gasteiger partial charge is 0.257 e. The van der Waals surface area contributed by atoms with Gasteiger partial charge in [-0.15, -0.1) is 0 Å². The summed E-state index contributed by atoms with van der Waals surface area (Å²) in [5.74, 6) is 1.38. The van der Waals surface area contributed by atoms with Gasteiger partial charge in [0.2, 0.25) is 11.8 Å². The molecule has 1 amide bonds. The van der Waals surface area contributed by atoms with Gasteiger partial charge >= 0.3 is 0 Å². The third kappa shape index (κ3) is 3.29. The molecule has 1 atom stereocenters. The molecule has 3 aliphatic rings. The number of amides is 1. The molecule has 1 aromatic carbocycles. The zero-order chi connectivity index (χ0) is 20.9. The van der Waals surface area contributed by atoms with Crippen LogP contribution in [0.2, 0.25) is 0 Å². The average Bonchev–Trinajstić information content (AvgIpc) is 3.38. The first-order valence-corrected chi connectivity index (χ1v) is 11.7. The van der Waals surface area contributed by atoms with Crippen molar-refractivity contribution >= 4 is 28.6 Å². The number of benzene rings is 1. The summed E-state index contributed by atoms with van der Waals surface area (Å²) in [6.07, 6.45) is 2.98. The van der Waals surface area contributed by atoms with Crippen molar-refractivity contribution < 1.29 is 9.53 Å². The first-order valence-electron chi connectivity index (χ1n) is 10.7. The molecule has 1 saturated heterocycles. The predicted octanol–water partition coefficient (Wildman–Crippen LogP) is 2.61. The highest BCUT2D eigenvalue weighted by Crippen LogP contribution is 2.34. The minimum absolute atomic E-state index is 0.0458. The molecule has 1 fully saturated rings. The molecule has 2 aliphatic heterocycles. The quantitative estimate of drug-likeness (QED) is 0.588. The van der Waals surface area contributed by atoms with Gasteiger partial charge in [-0.25, -0.2) is 9.97 Å². The Kier molecular flexibility index (Phi) is 4.49. The summed E-state index contributed by atoms with van der Waals surface area (Å²) < 4.78 is 7.72. The number of carbonyl (C=O) groups excluding carboxylic acids is 1. The number of aromatic nitrogens is 3. The number of rotatable bonds is 4. The fourth-order valence-corrected chi connectivity index (χ4v) is 5.79. The van der Waals surface area contributed by atoms with Crippen molar-refractivity contribution in [3.8, 4) is 5.88 Å². The van der Waals surface area contributed by atoms with Crippen molar-refractivity contribution in [1.82, 2.24) is 19.4 Å². The topological polar surface area (TPSA) is 77.3 Å². The molecule has 6 rings (SSSR count). The number of hydrogen-bond acceptors (Lipinski definition) is 6. The van der Waals surface area contributed by atoms with Gasteiger partial charge in [-0.3, -0.25) is 14.2 Å². The van der Waals surface area contributed by atoms with Gasteiger partial charge in [0, 0.05) is 29.2 Å². The van der Waals surface area contributed by atoms with Gasteiger partial charge in [-0.2, -0.15) is 0 Å². The lowest BCUT2D eigenvalue weighted by molar-refractivity contribution is -0.140. The Morgan fingerprint density at radius 3 is 2.90 bits per heavy atom. The molecule has 0 spiro atoms. The van der Waals surface area contributed by atoms with Gasteiger partial charge < -0.3 is 9.64 Å². The second-order valence-electron chi connectivity index (χ2n) is 8.40. The number of pyridine rings is 1. The molecule has 3 aromatic rings. The third-order valence-electron chi connectivity index (χ3n) is 6.34. The Morgan fingerprint density at radius 2 is 2.00 bits per heavy atom. The van der Waals surface area contributed by atoms with Crippen LogP contribution in [0, 0.1) is 0 Å². The van der Waals surface area contributed by atoms with Gasteiger partial charge in [0.1, 0.15) is 6.10 Å². The van der Waals surface area contributed by atoms with Crippen LogP contribution in [0.25, 0.3) is 10.9 Å². The van der Waals surface area contributed by atoms with Crippen molar-refractivity contribution in [2.75, 3.05) is 18.8 Å². The maximum absolute atomic E-state index is 12.9. The van der Waals surface area contributed by atoms with Crippen LogP contribution in [0.1, 0.15) is 30.1 Å². The molecular weight excluding hydrogens is 412 g/mol. The van der Waals surface area contributed by atoms with Crippen molar-refractivity contribution in [3.63, 3.8) is 0 Å². The Hall–Kier alpha value is -2.87. The number of thioether (sulfide) groups is 1. The molecule has 2 aromatic heterocycles. The summed E-state index contributed by atoms with van der Waals surface area (Å²) in [6, 6.07) is 11.7. The van der Waals surface area contributed by atoms with Gasteiger partial charge in [0.15, 0.2) is 5.16 Å². The number of nitrogens with zero attached hydrogens (tertiary/aromatic N) is 4. The minimum Gasteiger partial charge on any atom is -0.471 e. The fraction of sp³-hybridized carbons (Fsp3) is 0.391. The van der Waals surface area contributed by atoms with E-state index >= 15 is 0 Å². The number of aryl methyl sites for hydroxylation is 1. The maximum Gasteiger partial charge on any atom is 0.257 e. The van der Waals surface area contributed by atoms with E-state index in [-0.39, 0.29) is 23.6 Å². The molecule has 1 unspecified atom stereocenters. The van der Waals surface area contributed by atoms with Gasteiger partial charge in [0.25, 0.3) is 5.56 Å². The maximum atomic E-state index is 12.9. The number of para-hydroxylation sites is 1. The number of hydrogen-bond donors (Lipinski definition) is 0. The van der Waals surface area contributed by atoms with Crippen LogP contribution in [0.4, 0.5) is 0 Å². The van der Waals surface area contributed by atoms with E-state index in [1.807, 2.05) is 36.4 Å². The molecule has 1 aliphatic carbocycles. The number of fused-ring (bicyclic) bond motifs is 3. The summed E-state index contributed by atoms with van der Waals surface area (Å²) in [6.45, 7) is 1.11. The van der Waals surface area contributed by atoms with Gasteiger partial charge in [0.05, 0.1) is 30.3 Å². The SMILES string of the molecule is O=C(CC1CSc2nc3c(c(=O)n21)CCC3)N1CC(Oc2ccc3ccccc3n2)C1. The second kappa shape index (κ2) is 7.37. The largest absolute Gasteiger partial charge is 0.471 e. The number of carbonyl (C=O) groups is 1. The molecule has 0 radical (unpaired) electrons. The fourth-order valence-electron chi connectivity index (χ4n) is 4.63. The summed E-state index contributed by atoms with van der Waals surface area (Å²) in [7, 11) is 0. The van der Waals surface area contributed by atoms with Crippen molar-refractivity contribution in [1.29, 1.82) is 0 Å². The Labute approximate surface area is 183 Å². The molecule has 0 N–H and O–H groups in total. The van der Waals surface area contributed by atoms with E-state index in [4.69, 9.17) is 4.74 Å². The zero-order valence-corrected chi connectivity index (χ0v) is 17.8. The van der Waals surface area contributed by atoms with Crippen LogP contribution in [-0.4, -0.2) is 50.3 Å². The highest BCUT2D eigenvalue weighted by Gasteiger charge is 2.36. The molecule has 7 nitrogen and oxygen atoms in total. The molecule has 0 bridgehead atoms. The van der Waals surface area contributed by atoms with E-state index in [1.54, 1.807) is 21.2 Å². The third-order valence-corrected chi connectivity index (χ3v) is 7.44. The van der Waals surface area contributed by atoms with Crippen molar-refractivity contribution in [2.24, 2.45) is 0 Å². The van der Waals surface area contributed by atoms with Crippen LogP contribution in [0.3, 0.4) is 0 Å². The van der Waals surface area contributed by atoms with E-state index in [9.17, 15) is 9.59 Å². The lowest BCUT2D eigenvalue weighted by atomic mass is 10.1. The lowest BCUT2D eigenvalue weighted by Gasteiger charge is -2.39. The average molecular weight is 435 g/mol. The Bertz CT molecular complexity index is 1250. The van der Waals surface area contributed by atoms with E-state index in [2.05, 4.69) is 9.97 Å².